The van der Waals surface area contributed by atoms with E-state index in [1.807, 2.05) is 0 Å². The van der Waals surface area contributed by atoms with Gasteiger partial charge >= 0.3 is 16.1 Å². The van der Waals surface area contributed by atoms with Gasteiger partial charge in [-0.25, -0.2) is 9.69 Å². The van der Waals surface area contributed by atoms with Crippen molar-refractivity contribution in [3.05, 3.63) is 94.5 Å². The number of amides is 4. The van der Waals surface area contributed by atoms with Gasteiger partial charge in [-0.3, -0.25) is 14.9 Å². The number of anilines is 1. The highest BCUT2D eigenvalue weighted by atomic mass is 35.5. The van der Waals surface area contributed by atoms with E-state index in [0.717, 1.165) is 10.5 Å². The van der Waals surface area contributed by atoms with Crippen LogP contribution in [0.15, 0.2) is 83.3 Å². The van der Waals surface area contributed by atoms with Gasteiger partial charge in [-0.05, 0) is 60.5 Å². The number of rotatable bonds is 5. The maximum absolute atomic E-state index is 13.1. The van der Waals surface area contributed by atoms with Gasteiger partial charge in [-0.2, -0.15) is 8.42 Å². The Morgan fingerprint density at radius 3 is 2.38 bits per heavy atom. The molecule has 4 rings (SSSR count). The number of hydrogen-bond acceptors (Lipinski definition) is 6. The third kappa shape index (κ3) is 4.70. The van der Waals surface area contributed by atoms with Gasteiger partial charge < -0.3 is 4.18 Å². The maximum atomic E-state index is 13.1. The molecule has 0 bridgehead atoms. The summed E-state index contributed by atoms with van der Waals surface area (Å²) in [6, 6.07) is 17.2. The van der Waals surface area contributed by atoms with Crippen molar-refractivity contribution in [1.82, 2.24) is 5.32 Å². The van der Waals surface area contributed by atoms with Gasteiger partial charge in [0.1, 0.15) is 16.2 Å². The van der Waals surface area contributed by atoms with Crippen LogP contribution in [0, 0.1) is 6.92 Å². The summed E-state index contributed by atoms with van der Waals surface area (Å²) in [5.74, 6) is -1.75. The van der Waals surface area contributed by atoms with Gasteiger partial charge in [0, 0.05) is 5.02 Å². The molecule has 3 aromatic rings. The van der Waals surface area contributed by atoms with E-state index in [1.54, 1.807) is 37.3 Å². The minimum absolute atomic E-state index is 0.0138. The van der Waals surface area contributed by atoms with E-state index in [1.165, 1.54) is 48.5 Å². The zero-order valence-corrected chi connectivity index (χ0v) is 19.3. The molecular weight excluding hydrogens is 480 g/mol. The van der Waals surface area contributed by atoms with Crippen molar-refractivity contribution in [3.8, 4) is 5.75 Å². The standard InChI is InChI=1S/C24H17ClN2O6S/c1-15-10-11-17(14-21(15)25)27-23(29)20(22(28)26-24(27)30)13-16-6-5-7-18(12-16)33-34(31,32)19-8-3-2-4-9-19/h2-14H,1H3,(H,26,28,30)/b20-13-. The maximum Gasteiger partial charge on any atom is 0.339 e. The zero-order valence-electron chi connectivity index (χ0n) is 17.7. The van der Waals surface area contributed by atoms with E-state index in [0.29, 0.717) is 10.6 Å². The van der Waals surface area contributed by atoms with Crippen LogP contribution >= 0.6 is 11.6 Å². The molecule has 0 atom stereocenters. The Labute approximate surface area is 200 Å². The fourth-order valence-corrected chi connectivity index (χ4v) is 4.32. The molecule has 0 aromatic heterocycles. The summed E-state index contributed by atoms with van der Waals surface area (Å²) < 4.78 is 30.1. The highest BCUT2D eigenvalue weighted by Gasteiger charge is 2.37. The number of barbiturate groups is 1. The Balaban J connectivity index is 1.65. The quantitative estimate of drug-likeness (QED) is 0.324. The average molecular weight is 497 g/mol. The van der Waals surface area contributed by atoms with Crippen molar-refractivity contribution >= 4 is 51.3 Å². The van der Waals surface area contributed by atoms with Gasteiger partial charge in [0.15, 0.2) is 0 Å². The van der Waals surface area contributed by atoms with Crippen molar-refractivity contribution in [1.29, 1.82) is 0 Å². The first-order valence-corrected chi connectivity index (χ1v) is 11.7. The first kappa shape index (κ1) is 23.2. The van der Waals surface area contributed by atoms with E-state index < -0.39 is 28.0 Å². The molecule has 1 saturated heterocycles. The summed E-state index contributed by atoms with van der Waals surface area (Å²) in [6.45, 7) is 1.77. The molecule has 1 fully saturated rings. The highest BCUT2D eigenvalue weighted by molar-refractivity contribution is 7.87. The lowest BCUT2D eigenvalue weighted by molar-refractivity contribution is -0.122. The second-order valence-corrected chi connectivity index (χ2v) is 9.27. The third-order valence-electron chi connectivity index (χ3n) is 4.92. The van der Waals surface area contributed by atoms with E-state index in [9.17, 15) is 22.8 Å². The molecule has 3 aromatic carbocycles. The van der Waals surface area contributed by atoms with Crippen LogP contribution in [0.3, 0.4) is 0 Å². The number of urea groups is 1. The van der Waals surface area contributed by atoms with Gasteiger partial charge in [0.25, 0.3) is 11.8 Å². The van der Waals surface area contributed by atoms with Crippen LogP contribution in [0.5, 0.6) is 5.75 Å². The number of carbonyl (C=O) groups is 3. The largest absolute Gasteiger partial charge is 0.379 e. The van der Waals surface area contributed by atoms with Gasteiger partial charge in [-0.15, -0.1) is 0 Å². The molecule has 0 spiro atoms. The normalized spacial score (nSPS) is 15.4. The molecule has 10 heteroatoms. The van der Waals surface area contributed by atoms with Gasteiger partial charge in [-0.1, -0.05) is 48.0 Å². The molecule has 34 heavy (non-hydrogen) atoms. The highest BCUT2D eigenvalue weighted by Crippen LogP contribution is 2.27. The smallest absolute Gasteiger partial charge is 0.339 e. The van der Waals surface area contributed by atoms with Crippen molar-refractivity contribution in [2.45, 2.75) is 11.8 Å². The Morgan fingerprint density at radius 1 is 0.941 bits per heavy atom. The number of aryl methyl sites for hydroxylation is 1. The predicted molar refractivity (Wildman–Crippen MR) is 126 cm³/mol. The monoisotopic (exact) mass is 496 g/mol. The number of carbonyl (C=O) groups excluding carboxylic acids is 3. The van der Waals surface area contributed by atoms with Crippen LogP contribution in [-0.2, 0) is 19.7 Å². The second-order valence-electron chi connectivity index (χ2n) is 7.31. The minimum Gasteiger partial charge on any atom is -0.379 e. The molecule has 8 nitrogen and oxygen atoms in total. The van der Waals surface area contributed by atoms with Gasteiger partial charge in [0.2, 0.25) is 0 Å². The fraction of sp³-hybridized carbons (Fsp3) is 0.0417. The second kappa shape index (κ2) is 9.12. The number of benzene rings is 3. The first-order valence-electron chi connectivity index (χ1n) is 9.93. The summed E-state index contributed by atoms with van der Waals surface area (Å²) in [4.78, 5) is 38.6. The van der Waals surface area contributed by atoms with Crippen molar-refractivity contribution in [3.63, 3.8) is 0 Å². The third-order valence-corrected chi connectivity index (χ3v) is 6.59. The van der Waals surface area contributed by atoms with Crippen LogP contribution in [0.1, 0.15) is 11.1 Å². The van der Waals surface area contributed by atoms with Gasteiger partial charge in [0.05, 0.1) is 5.69 Å². The lowest BCUT2D eigenvalue weighted by atomic mass is 10.1. The molecule has 1 N–H and O–H groups in total. The van der Waals surface area contributed by atoms with E-state index in [2.05, 4.69) is 5.32 Å². The van der Waals surface area contributed by atoms with Crippen molar-refractivity contribution in [2.24, 2.45) is 0 Å². The fourth-order valence-electron chi connectivity index (χ4n) is 3.20. The molecule has 1 aliphatic heterocycles. The molecule has 1 heterocycles. The van der Waals surface area contributed by atoms with Crippen LogP contribution in [-0.4, -0.2) is 26.3 Å². The SMILES string of the molecule is Cc1ccc(N2C(=O)NC(=O)/C(=C/c3cccc(OS(=O)(=O)c4ccccc4)c3)C2=O)cc1Cl. The molecule has 0 aliphatic carbocycles. The molecule has 4 amide bonds. The Hall–Kier alpha value is -3.95. The van der Waals surface area contributed by atoms with E-state index >= 15 is 0 Å². The number of nitrogens with zero attached hydrogens (tertiary/aromatic N) is 1. The Morgan fingerprint density at radius 2 is 1.68 bits per heavy atom. The van der Waals surface area contributed by atoms with Crippen molar-refractivity contribution < 1.29 is 27.0 Å². The number of halogens is 1. The number of nitrogens with one attached hydrogen (secondary N) is 1. The predicted octanol–water partition coefficient (Wildman–Crippen LogP) is 4.08. The molecule has 172 valence electrons. The van der Waals surface area contributed by atoms with Crippen LogP contribution in [0.2, 0.25) is 5.02 Å². The first-order chi connectivity index (χ1) is 16.2. The summed E-state index contributed by atoms with van der Waals surface area (Å²) in [7, 11) is -4.08. The molecular formula is C24H17ClN2O6S. The summed E-state index contributed by atoms with van der Waals surface area (Å²) >= 11 is 6.12. The molecule has 0 unspecified atom stereocenters. The van der Waals surface area contributed by atoms with Crippen molar-refractivity contribution in [2.75, 3.05) is 4.90 Å². The summed E-state index contributed by atoms with van der Waals surface area (Å²) in [5.41, 5.74) is 0.946. The minimum atomic E-state index is -4.08. The van der Waals surface area contributed by atoms with Crippen LogP contribution < -0.4 is 14.4 Å². The molecule has 0 radical (unpaired) electrons. The Bertz CT molecular complexity index is 1450. The average Bonchev–Trinajstić information content (AvgIpc) is 2.79. The molecule has 0 saturated carbocycles. The topological polar surface area (TPSA) is 110 Å². The lowest BCUT2D eigenvalue weighted by Gasteiger charge is -2.26. The van der Waals surface area contributed by atoms with Crippen LogP contribution in [0.4, 0.5) is 10.5 Å². The lowest BCUT2D eigenvalue weighted by Crippen LogP contribution is -2.54. The number of imide groups is 2. The zero-order chi connectivity index (χ0) is 24.5. The Kier molecular flexibility index (Phi) is 6.23. The molecule has 1 aliphatic rings. The van der Waals surface area contributed by atoms with Crippen LogP contribution in [0.25, 0.3) is 6.08 Å². The summed E-state index contributed by atoms with van der Waals surface area (Å²) in [6.07, 6.45) is 1.24. The van der Waals surface area contributed by atoms with E-state index in [-0.39, 0.29) is 21.9 Å². The summed E-state index contributed by atoms with van der Waals surface area (Å²) in [5, 5.41) is 2.48. The van der Waals surface area contributed by atoms with E-state index in [4.69, 9.17) is 15.8 Å². The number of hydrogen-bond donors (Lipinski definition) is 1.